The van der Waals surface area contributed by atoms with Gasteiger partial charge >= 0.3 is 0 Å². The third-order valence-electron chi connectivity index (χ3n) is 5.98. The van der Waals surface area contributed by atoms with Crippen LogP contribution in [-0.2, 0) is 10.0 Å². The second-order valence-electron chi connectivity index (χ2n) is 9.30. The van der Waals surface area contributed by atoms with Gasteiger partial charge < -0.3 is 4.74 Å². The zero-order valence-corrected chi connectivity index (χ0v) is 22.2. The number of nitrogens with zero attached hydrogens (tertiary/aromatic N) is 1. The number of unbranched alkanes of at least 4 members (excludes halogenated alkanes) is 5. The first-order valence-corrected chi connectivity index (χ1v) is 14.3. The van der Waals surface area contributed by atoms with Gasteiger partial charge in [-0.1, -0.05) is 83.2 Å². The smallest absolute Gasteiger partial charge is 0.283 e. The number of ether oxygens (including phenoxy) is 1. The number of sulfonamides is 1. The number of carbonyl (C=O) groups is 1. The maximum Gasteiger partial charge on any atom is 0.283 e. The first kappa shape index (κ1) is 27.4. The van der Waals surface area contributed by atoms with Gasteiger partial charge in [0.15, 0.2) is 0 Å². The van der Waals surface area contributed by atoms with Gasteiger partial charge in [-0.05, 0) is 53.8 Å². The Morgan fingerprint density at radius 2 is 1.42 bits per heavy atom. The van der Waals surface area contributed by atoms with E-state index in [2.05, 4.69) is 42.6 Å². The summed E-state index contributed by atoms with van der Waals surface area (Å²) in [4.78, 5) is 16.6. The van der Waals surface area contributed by atoms with Crippen molar-refractivity contribution in [3.8, 4) is 22.6 Å². The van der Waals surface area contributed by atoms with Crippen LogP contribution in [0.1, 0.15) is 81.3 Å². The summed E-state index contributed by atoms with van der Waals surface area (Å²) in [5.74, 6) is 1.20. The van der Waals surface area contributed by atoms with Gasteiger partial charge in [-0.25, -0.2) is 13.1 Å². The molecule has 0 spiro atoms. The fourth-order valence-corrected chi connectivity index (χ4v) is 4.86. The molecular weight excluding hydrogens is 472 g/mol. The molecule has 0 atom stereocenters. The van der Waals surface area contributed by atoms with Crippen molar-refractivity contribution in [1.29, 1.82) is 0 Å². The van der Waals surface area contributed by atoms with Crippen molar-refractivity contribution in [2.24, 2.45) is 0 Å². The van der Waals surface area contributed by atoms with E-state index in [1.807, 2.05) is 36.4 Å². The topological polar surface area (TPSA) is 85.4 Å². The van der Waals surface area contributed by atoms with Crippen molar-refractivity contribution in [3.05, 3.63) is 78.1 Å². The number of hydrogen-bond acceptors (Lipinski definition) is 5. The van der Waals surface area contributed by atoms with Gasteiger partial charge in [-0.3, -0.25) is 9.78 Å². The van der Waals surface area contributed by atoms with Crippen molar-refractivity contribution in [1.82, 2.24) is 9.71 Å². The molecule has 36 heavy (non-hydrogen) atoms. The molecule has 0 fully saturated rings. The molecule has 1 heterocycles. The van der Waals surface area contributed by atoms with Crippen LogP contribution in [0.4, 0.5) is 0 Å². The lowest BCUT2D eigenvalue weighted by atomic mass is 10.0. The molecule has 0 unspecified atom stereocenters. The highest BCUT2D eigenvalue weighted by Gasteiger charge is 2.17. The molecule has 1 amide bonds. The summed E-state index contributed by atoms with van der Waals surface area (Å²) in [6.45, 7) is 6.45. The minimum atomic E-state index is -3.67. The van der Waals surface area contributed by atoms with E-state index in [0.717, 1.165) is 54.7 Å². The summed E-state index contributed by atoms with van der Waals surface area (Å²) < 4.78 is 32.5. The third kappa shape index (κ3) is 8.48. The third-order valence-corrected chi connectivity index (χ3v) is 7.30. The van der Waals surface area contributed by atoms with E-state index in [1.165, 1.54) is 11.6 Å². The Morgan fingerprint density at radius 3 is 2.00 bits per heavy atom. The number of aromatic nitrogens is 1. The highest BCUT2D eigenvalue weighted by molar-refractivity contribution is 7.90. The molecule has 0 aliphatic carbocycles. The highest BCUT2D eigenvalue weighted by atomic mass is 32.2. The number of hydrogen-bond donors (Lipinski definition) is 1. The molecule has 0 saturated heterocycles. The van der Waals surface area contributed by atoms with E-state index in [1.54, 1.807) is 12.3 Å². The highest BCUT2D eigenvalue weighted by Crippen LogP contribution is 2.27. The minimum absolute atomic E-state index is 0.0563. The largest absolute Gasteiger partial charge is 0.457 e. The van der Waals surface area contributed by atoms with Crippen LogP contribution in [-0.4, -0.2) is 25.1 Å². The summed E-state index contributed by atoms with van der Waals surface area (Å²) in [5.41, 5.74) is 3.05. The molecule has 1 N–H and O–H groups in total. The predicted octanol–water partition coefficient (Wildman–Crippen LogP) is 7.08. The summed E-state index contributed by atoms with van der Waals surface area (Å²) in [6.07, 6.45) is 7.39. The number of rotatable bonds is 13. The van der Waals surface area contributed by atoms with Crippen molar-refractivity contribution >= 4 is 15.9 Å². The number of carbonyl (C=O) groups excluding carboxylic acids is 1. The van der Waals surface area contributed by atoms with E-state index in [0.29, 0.717) is 12.3 Å². The monoisotopic (exact) mass is 508 g/mol. The summed E-state index contributed by atoms with van der Waals surface area (Å²) in [7, 11) is -3.67. The number of nitrogens with one attached hydrogen (secondary N) is 1. The lowest BCUT2D eigenvalue weighted by Crippen LogP contribution is -2.33. The molecule has 3 rings (SSSR count). The van der Waals surface area contributed by atoms with Gasteiger partial charge in [0.05, 0.1) is 5.75 Å². The Bertz CT molecular complexity index is 1200. The van der Waals surface area contributed by atoms with E-state index < -0.39 is 15.9 Å². The Kier molecular flexibility index (Phi) is 10.1. The molecule has 192 valence electrons. The standard InChI is InChI=1S/C29H36N2O4S/c1-4-5-6-7-8-9-20-36(33,34)31-29(32)28-19-14-25(21-30-28)24-12-17-27(18-13-24)35-26-15-10-23(11-16-26)22(2)3/h10-19,21-22H,4-9,20H2,1-3H3,(H,31,32). The molecule has 1 aromatic heterocycles. The Labute approximate surface area is 215 Å². The Morgan fingerprint density at radius 1 is 0.833 bits per heavy atom. The maximum atomic E-state index is 12.4. The van der Waals surface area contributed by atoms with Crippen LogP contribution < -0.4 is 9.46 Å². The Balaban J connectivity index is 1.53. The molecule has 2 aromatic carbocycles. The average molecular weight is 509 g/mol. The molecule has 0 radical (unpaired) electrons. The van der Waals surface area contributed by atoms with Gasteiger partial charge in [-0.15, -0.1) is 0 Å². The van der Waals surface area contributed by atoms with Crippen LogP contribution in [0.25, 0.3) is 11.1 Å². The zero-order valence-electron chi connectivity index (χ0n) is 21.4. The fourth-order valence-electron chi connectivity index (χ4n) is 3.79. The predicted molar refractivity (Wildman–Crippen MR) is 145 cm³/mol. The number of amides is 1. The molecule has 0 aliphatic rings. The first-order valence-electron chi connectivity index (χ1n) is 12.7. The summed E-state index contributed by atoms with van der Waals surface area (Å²) in [5, 5.41) is 0. The second-order valence-corrected chi connectivity index (χ2v) is 11.1. The average Bonchev–Trinajstić information content (AvgIpc) is 2.87. The second kappa shape index (κ2) is 13.2. The van der Waals surface area contributed by atoms with Crippen molar-refractivity contribution in [2.75, 3.05) is 5.75 Å². The Hall–Kier alpha value is -3.19. The van der Waals surface area contributed by atoms with Crippen LogP contribution >= 0.6 is 0 Å². The summed E-state index contributed by atoms with van der Waals surface area (Å²) in [6, 6.07) is 18.9. The van der Waals surface area contributed by atoms with E-state index in [9.17, 15) is 13.2 Å². The molecule has 0 aliphatic heterocycles. The van der Waals surface area contributed by atoms with Crippen molar-refractivity contribution < 1.29 is 17.9 Å². The van der Waals surface area contributed by atoms with Gasteiger partial charge in [0.1, 0.15) is 17.2 Å². The molecule has 3 aromatic rings. The van der Waals surface area contributed by atoms with Crippen molar-refractivity contribution in [2.45, 2.75) is 65.2 Å². The van der Waals surface area contributed by atoms with Crippen LogP contribution in [0, 0.1) is 0 Å². The SMILES string of the molecule is CCCCCCCCS(=O)(=O)NC(=O)c1ccc(-c2ccc(Oc3ccc(C(C)C)cc3)cc2)cn1. The van der Waals surface area contributed by atoms with E-state index in [-0.39, 0.29) is 11.4 Å². The van der Waals surface area contributed by atoms with Crippen LogP contribution in [0.15, 0.2) is 66.9 Å². The minimum Gasteiger partial charge on any atom is -0.457 e. The van der Waals surface area contributed by atoms with Crippen LogP contribution in [0.2, 0.25) is 0 Å². The maximum absolute atomic E-state index is 12.4. The number of benzene rings is 2. The van der Waals surface area contributed by atoms with Crippen molar-refractivity contribution in [3.63, 3.8) is 0 Å². The van der Waals surface area contributed by atoms with Gasteiger partial charge in [0.2, 0.25) is 10.0 Å². The molecule has 0 saturated carbocycles. The fraction of sp³-hybridized carbons (Fsp3) is 0.379. The van der Waals surface area contributed by atoms with Crippen LogP contribution in [0.5, 0.6) is 11.5 Å². The number of pyridine rings is 1. The lowest BCUT2D eigenvalue weighted by molar-refractivity contribution is 0.0976. The molecule has 7 heteroatoms. The van der Waals surface area contributed by atoms with Gasteiger partial charge in [0, 0.05) is 11.8 Å². The molecule has 0 bridgehead atoms. The molecule has 6 nitrogen and oxygen atoms in total. The quantitative estimate of drug-likeness (QED) is 0.249. The van der Waals surface area contributed by atoms with Crippen LogP contribution in [0.3, 0.4) is 0 Å². The molecular formula is C29H36N2O4S. The van der Waals surface area contributed by atoms with E-state index >= 15 is 0 Å². The first-order chi connectivity index (χ1) is 17.3. The lowest BCUT2D eigenvalue weighted by Gasteiger charge is -2.10. The zero-order chi connectivity index (χ0) is 26.0. The normalized spacial score (nSPS) is 11.4. The van der Waals surface area contributed by atoms with Gasteiger partial charge in [0.25, 0.3) is 5.91 Å². The summed E-state index contributed by atoms with van der Waals surface area (Å²) >= 11 is 0. The van der Waals surface area contributed by atoms with E-state index in [4.69, 9.17) is 4.74 Å². The van der Waals surface area contributed by atoms with Gasteiger partial charge in [-0.2, -0.15) is 0 Å².